The molecule has 0 bridgehead atoms. The summed E-state index contributed by atoms with van der Waals surface area (Å²) in [6.45, 7) is 0.164. The van der Waals surface area contributed by atoms with Gasteiger partial charge < -0.3 is 5.32 Å². The summed E-state index contributed by atoms with van der Waals surface area (Å²) in [7, 11) is 2.90. The molecule has 0 fully saturated rings. The molecule has 1 N–H and O–H groups in total. The van der Waals surface area contributed by atoms with E-state index in [-0.39, 0.29) is 40.1 Å². The number of hydrogen-bond donors (Lipinski definition) is 1. The Morgan fingerprint density at radius 2 is 1.72 bits per heavy atom. The van der Waals surface area contributed by atoms with Crippen LogP contribution in [0.5, 0.6) is 0 Å². The molecule has 0 atom stereocenters. The van der Waals surface area contributed by atoms with Crippen LogP contribution < -0.4 is 16.6 Å². The number of imidazole rings is 1. The van der Waals surface area contributed by atoms with Gasteiger partial charge in [0.25, 0.3) is 5.56 Å². The summed E-state index contributed by atoms with van der Waals surface area (Å²) in [6.07, 6.45) is 0. The first kappa shape index (κ1) is 23.5. The van der Waals surface area contributed by atoms with Crippen molar-refractivity contribution >= 4 is 40.3 Å². The number of nitrogens with one attached hydrogen (secondary N) is 1. The van der Waals surface area contributed by atoms with Gasteiger partial charge in [0.15, 0.2) is 16.3 Å². The number of fused-ring (bicyclic) bond motifs is 3. The molecule has 184 valence electrons. The average Bonchev–Trinajstić information content (AvgIpc) is 3.41. The van der Waals surface area contributed by atoms with E-state index in [0.717, 1.165) is 16.3 Å². The molecule has 0 unspecified atom stereocenters. The third-order valence-corrected chi connectivity index (χ3v) is 6.61. The van der Waals surface area contributed by atoms with Crippen molar-refractivity contribution in [3.05, 3.63) is 86.6 Å². The van der Waals surface area contributed by atoms with Crippen molar-refractivity contribution in [1.29, 1.82) is 0 Å². The maximum atomic E-state index is 13.9. The Morgan fingerprint density at radius 1 is 1.00 bits per heavy atom. The second kappa shape index (κ2) is 9.07. The predicted octanol–water partition coefficient (Wildman–Crippen LogP) is 2.14. The lowest BCUT2D eigenvalue weighted by Gasteiger charge is -2.08. The van der Waals surface area contributed by atoms with Crippen molar-refractivity contribution in [3.63, 3.8) is 0 Å². The van der Waals surface area contributed by atoms with Crippen molar-refractivity contribution < 1.29 is 13.6 Å². The van der Waals surface area contributed by atoms with E-state index in [2.05, 4.69) is 15.5 Å². The molecular weight excluding hydrogens is 492 g/mol. The Morgan fingerprint density at radius 3 is 2.44 bits per heavy atom. The maximum Gasteiger partial charge on any atom is 0.332 e. The maximum absolute atomic E-state index is 13.9. The lowest BCUT2D eigenvalue weighted by Crippen LogP contribution is -2.37. The molecule has 0 aliphatic carbocycles. The normalized spacial score (nSPS) is 11.4. The van der Waals surface area contributed by atoms with Gasteiger partial charge in [0.05, 0.1) is 18.0 Å². The zero-order valence-corrected chi connectivity index (χ0v) is 19.9. The van der Waals surface area contributed by atoms with E-state index >= 15 is 0 Å². The molecule has 1 amide bonds. The highest BCUT2D eigenvalue weighted by Gasteiger charge is 2.24. The van der Waals surface area contributed by atoms with Crippen LogP contribution in [0, 0.1) is 11.6 Å². The van der Waals surface area contributed by atoms with Crippen LogP contribution >= 0.6 is 11.8 Å². The minimum atomic E-state index is -0.560. The number of halogens is 2. The van der Waals surface area contributed by atoms with Gasteiger partial charge >= 0.3 is 5.69 Å². The molecule has 2 aromatic carbocycles. The number of carbonyl (C=O) groups is 1. The third kappa shape index (κ3) is 3.96. The monoisotopic (exact) mass is 511 g/mol. The number of anilines is 1. The zero-order chi connectivity index (χ0) is 25.6. The molecule has 5 aromatic rings. The summed E-state index contributed by atoms with van der Waals surface area (Å²) in [5.74, 6) is -1.28. The first-order valence-electron chi connectivity index (χ1n) is 10.7. The average molecular weight is 512 g/mol. The molecule has 0 radical (unpaired) electrons. The highest BCUT2D eigenvalue weighted by molar-refractivity contribution is 7.99. The molecule has 5 rings (SSSR count). The number of nitrogens with zero attached hydrogens (tertiary/aromatic N) is 6. The van der Waals surface area contributed by atoms with Crippen LogP contribution in [0.3, 0.4) is 0 Å². The quantitative estimate of drug-likeness (QED) is 0.350. The van der Waals surface area contributed by atoms with Gasteiger partial charge in [-0.25, -0.2) is 18.0 Å². The third-order valence-electron chi connectivity index (χ3n) is 5.68. The Balaban J connectivity index is 1.58. The van der Waals surface area contributed by atoms with E-state index in [0.29, 0.717) is 5.56 Å². The van der Waals surface area contributed by atoms with Gasteiger partial charge in [-0.3, -0.25) is 23.3 Å². The lowest BCUT2D eigenvalue weighted by atomic mass is 10.2. The van der Waals surface area contributed by atoms with Gasteiger partial charge in [0.1, 0.15) is 11.6 Å². The molecule has 0 saturated carbocycles. The number of aryl methyl sites for hydroxylation is 1. The van der Waals surface area contributed by atoms with Crippen molar-refractivity contribution in [1.82, 2.24) is 28.3 Å². The highest BCUT2D eigenvalue weighted by atomic mass is 32.2. The molecular formula is C23H19F2N7O3S. The van der Waals surface area contributed by atoms with E-state index in [1.165, 1.54) is 53.4 Å². The standard InChI is InChI=1S/C23H19F2N7O3S/c1-29-19-18(20(34)30(2)23(29)35)31(11-13-7-9-14(24)10-8-13)21-27-28-22(32(19)21)36-12-17(33)26-16-6-4-3-5-15(16)25/h3-10H,11-12H2,1-2H3,(H,26,33). The fraction of sp³-hybridized carbons (Fsp3) is 0.174. The largest absolute Gasteiger partial charge is 0.332 e. The van der Waals surface area contributed by atoms with Gasteiger partial charge in [-0.05, 0) is 29.8 Å². The number of hydrogen-bond acceptors (Lipinski definition) is 6. The number of amides is 1. The SMILES string of the molecule is Cn1c(=O)c2c(n(C)c1=O)n1c(SCC(=O)Nc3ccccc3F)nnc1n2Cc1ccc(F)cc1. The highest BCUT2D eigenvalue weighted by Crippen LogP contribution is 2.25. The van der Waals surface area contributed by atoms with Crippen LogP contribution in [0.1, 0.15) is 5.56 Å². The van der Waals surface area contributed by atoms with Crippen LogP contribution in [0.15, 0.2) is 63.3 Å². The molecule has 0 aliphatic heterocycles. The molecule has 3 heterocycles. The van der Waals surface area contributed by atoms with Crippen LogP contribution in [0.25, 0.3) is 16.9 Å². The van der Waals surface area contributed by atoms with Crippen molar-refractivity contribution in [3.8, 4) is 0 Å². The summed E-state index contributed by atoms with van der Waals surface area (Å²) in [6, 6.07) is 11.6. The summed E-state index contributed by atoms with van der Waals surface area (Å²) >= 11 is 1.02. The summed E-state index contributed by atoms with van der Waals surface area (Å²) in [5.41, 5.74) is 0.127. The van der Waals surface area contributed by atoms with Gasteiger partial charge in [-0.2, -0.15) is 0 Å². The minimum Gasteiger partial charge on any atom is -0.323 e. The molecule has 3 aromatic heterocycles. The van der Waals surface area contributed by atoms with Gasteiger partial charge in [-0.15, -0.1) is 10.2 Å². The molecule has 0 aliphatic rings. The fourth-order valence-electron chi connectivity index (χ4n) is 3.92. The number of aromatic nitrogens is 6. The molecule has 13 heteroatoms. The van der Waals surface area contributed by atoms with E-state index < -0.39 is 28.8 Å². The predicted molar refractivity (Wildman–Crippen MR) is 130 cm³/mol. The second-order valence-corrected chi connectivity index (χ2v) is 8.97. The van der Waals surface area contributed by atoms with Gasteiger partial charge in [-0.1, -0.05) is 36.0 Å². The van der Waals surface area contributed by atoms with E-state index in [9.17, 15) is 23.2 Å². The zero-order valence-electron chi connectivity index (χ0n) is 19.1. The molecule has 36 heavy (non-hydrogen) atoms. The molecule has 10 nitrogen and oxygen atoms in total. The minimum absolute atomic E-state index is 0.0521. The Labute approximate surface area is 205 Å². The van der Waals surface area contributed by atoms with Crippen molar-refractivity contribution in [2.75, 3.05) is 11.1 Å². The van der Waals surface area contributed by atoms with Crippen LogP contribution in [0.4, 0.5) is 14.5 Å². The molecule has 0 saturated heterocycles. The number of thioether (sulfide) groups is 1. The topological polar surface area (TPSA) is 108 Å². The first-order valence-corrected chi connectivity index (χ1v) is 11.7. The van der Waals surface area contributed by atoms with E-state index in [1.807, 2.05) is 0 Å². The number of rotatable bonds is 6. The van der Waals surface area contributed by atoms with Gasteiger partial charge in [0, 0.05) is 14.1 Å². The van der Waals surface area contributed by atoms with Crippen molar-refractivity contribution in [2.45, 2.75) is 11.7 Å². The first-order chi connectivity index (χ1) is 17.3. The smallest absolute Gasteiger partial charge is 0.323 e. The number of para-hydroxylation sites is 1. The number of carbonyl (C=O) groups excluding carboxylic acids is 1. The van der Waals surface area contributed by atoms with Crippen molar-refractivity contribution in [2.24, 2.45) is 14.1 Å². The number of benzene rings is 2. The summed E-state index contributed by atoms with van der Waals surface area (Å²) in [5, 5.41) is 11.1. The summed E-state index contributed by atoms with van der Waals surface area (Å²) in [4.78, 5) is 38.3. The Kier molecular flexibility index (Phi) is 5.92. The Hall–Kier alpha value is -4.26. The van der Waals surface area contributed by atoms with Crippen LogP contribution in [-0.4, -0.2) is 40.0 Å². The second-order valence-electron chi connectivity index (χ2n) is 8.03. The summed E-state index contributed by atoms with van der Waals surface area (Å²) < 4.78 is 32.7. The van der Waals surface area contributed by atoms with Crippen LogP contribution in [-0.2, 0) is 25.4 Å². The van der Waals surface area contributed by atoms with E-state index in [1.54, 1.807) is 22.8 Å². The van der Waals surface area contributed by atoms with Crippen LogP contribution in [0.2, 0.25) is 0 Å². The fourth-order valence-corrected chi connectivity index (χ4v) is 4.65. The Bertz CT molecular complexity index is 1750. The molecule has 0 spiro atoms. The van der Waals surface area contributed by atoms with Gasteiger partial charge in [0.2, 0.25) is 11.7 Å². The lowest BCUT2D eigenvalue weighted by molar-refractivity contribution is -0.113. The van der Waals surface area contributed by atoms with E-state index in [4.69, 9.17) is 0 Å².